The van der Waals surface area contributed by atoms with Gasteiger partial charge in [-0.25, -0.2) is 0 Å². The van der Waals surface area contributed by atoms with E-state index in [-0.39, 0.29) is 10.7 Å². The summed E-state index contributed by atoms with van der Waals surface area (Å²) in [7, 11) is 0. The number of aliphatic hydroxyl groups is 1. The van der Waals surface area contributed by atoms with Gasteiger partial charge in [-0.3, -0.25) is 4.79 Å². The smallest absolute Gasteiger partial charge is 0.281 e. The Hall–Kier alpha value is -1.85. The number of hydrogen-bond acceptors (Lipinski definition) is 4. The fourth-order valence-corrected chi connectivity index (χ4v) is 1.81. The Labute approximate surface area is 112 Å². The second kappa shape index (κ2) is 4.80. The van der Waals surface area contributed by atoms with Crippen LogP contribution in [0.25, 0.3) is 6.08 Å². The summed E-state index contributed by atoms with van der Waals surface area (Å²) in [4.78, 5) is 21.6. The summed E-state index contributed by atoms with van der Waals surface area (Å²) in [5, 5.41) is 15.0. The maximum Gasteiger partial charge on any atom is 0.281 e. The van der Waals surface area contributed by atoms with Crippen LogP contribution in [-0.2, 0) is 4.79 Å². The zero-order valence-corrected chi connectivity index (χ0v) is 10.3. The number of amides is 1. The van der Waals surface area contributed by atoms with Crippen LogP contribution in [0.4, 0.5) is 0 Å². The summed E-state index contributed by atoms with van der Waals surface area (Å²) in [5.41, 5.74) is -0.00340. The van der Waals surface area contributed by atoms with Gasteiger partial charge in [0.1, 0.15) is 0 Å². The molecule has 1 aromatic rings. The number of nitrogens with one attached hydrogen (secondary N) is 1. The van der Waals surface area contributed by atoms with Crippen LogP contribution in [-0.4, -0.2) is 11.0 Å². The van der Waals surface area contributed by atoms with E-state index in [1.807, 2.05) is 0 Å². The summed E-state index contributed by atoms with van der Waals surface area (Å²) in [6, 6.07) is 4.91. The quantitative estimate of drug-likeness (QED) is 0.820. The minimum atomic E-state index is -0.757. The maximum absolute atomic E-state index is 11.2. The van der Waals surface area contributed by atoms with Crippen molar-refractivity contribution < 1.29 is 9.90 Å². The van der Waals surface area contributed by atoms with Gasteiger partial charge in [-0.15, -0.1) is 4.91 Å². The Balaban J connectivity index is 2.48. The number of nitroso groups, excluding NO2 is 1. The van der Waals surface area contributed by atoms with Crippen LogP contribution in [0.3, 0.4) is 0 Å². The van der Waals surface area contributed by atoms with E-state index in [9.17, 15) is 14.8 Å². The van der Waals surface area contributed by atoms with Gasteiger partial charge >= 0.3 is 0 Å². The third-order valence-electron chi connectivity index (χ3n) is 2.32. The standard InChI is InChI=1S/C11H6Cl2N2O3/c12-6-3-1-2-5(8(6)13)4-7-10(16)9(15-18)11(17)14-7/h1-4,16H,(H,14,17)/b7-4+. The van der Waals surface area contributed by atoms with Crippen LogP contribution in [0.5, 0.6) is 0 Å². The predicted octanol–water partition coefficient (Wildman–Crippen LogP) is 3.00. The van der Waals surface area contributed by atoms with Gasteiger partial charge in [-0.2, -0.15) is 0 Å². The molecule has 0 saturated carbocycles. The van der Waals surface area contributed by atoms with E-state index in [4.69, 9.17) is 23.2 Å². The highest BCUT2D eigenvalue weighted by Crippen LogP contribution is 2.29. The Morgan fingerprint density at radius 1 is 1.33 bits per heavy atom. The zero-order valence-electron chi connectivity index (χ0n) is 8.78. The summed E-state index contributed by atoms with van der Waals surface area (Å²) < 4.78 is 0. The molecule has 18 heavy (non-hydrogen) atoms. The summed E-state index contributed by atoms with van der Waals surface area (Å²) >= 11 is 11.8. The molecule has 7 heteroatoms. The second-order valence-corrected chi connectivity index (χ2v) is 4.23. The molecule has 2 rings (SSSR count). The Bertz CT molecular complexity index is 608. The zero-order chi connectivity index (χ0) is 13.3. The lowest BCUT2D eigenvalue weighted by atomic mass is 10.2. The topological polar surface area (TPSA) is 78.8 Å². The minimum absolute atomic E-state index is 0.0544. The Morgan fingerprint density at radius 3 is 2.67 bits per heavy atom. The molecule has 1 aliphatic rings. The van der Waals surface area contributed by atoms with Crippen LogP contribution in [0.1, 0.15) is 5.56 Å². The highest BCUT2D eigenvalue weighted by molar-refractivity contribution is 6.42. The molecular formula is C11H6Cl2N2O3. The first-order valence-corrected chi connectivity index (χ1v) is 5.54. The third kappa shape index (κ3) is 2.10. The Morgan fingerprint density at radius 2 is 2.06 bits per heavy atom. The van der Waals surface area contributed by atoms with Crippen molar-refractivity contribution in [3.8, 4) is 0 Å². The number of halogens is 2. The van der Waals surface area contributed by atoms with Crippen LogP contribution in [0.2, 0.25) is 10.0 Å². The van der Waals surface area contributed by atoms with E-state index in [1.54, 1.807) is 18.2 Å². The normalized spacial score (nSPS) is 17.2. The highest BCUT2D eigenvalue weighted by atomic mass is 35.5. The number of rotatable bonds is 2. The molecule has 2 N–H and O–H groups in total. The van der Waals surface area contributed by atoms with E-state index < -0.39 is 17.4 Å². The molecule has 92 valence electrons. The first-order valence-electron chi connectivity index (χ1n) is 4.78. The molecule has 0 spiro atoms. The lowest BCUT2D eigenvalue weighted by Gasteiger charge is -2.03. The van der Waals surface area contributed by atoms with Gasteiger partial charge in [-0.05, 0) is 22.9 Å². The van der Waals surface area contributed by atoms with E-state index >= 15 is 0 Å². The van der Waals surface area contributed by atoms with Crippen molar-refractivity contribution in [3.63, 3.8) is 0 Å². The van der Waals surface area contributed by atoms with Gasteiger partial charge in [0, 0.05) is 0 Å². The molecule has 1 amide bonds. The van der Waals surface area contributed by atoms with Gasteiger partial charge in [0.15, 0.2) is 5.76 Å². The van der Waals surface area contributed by atoms with Gasteiger partial charge < -0.3 is 10.4 Å². The van der Waals surface area contributed by atoms with Crippen molar-refractivity contribution in [1.82, 2.24) is 5.32 Å². The van der Waals surface area contributed by atoms with Crippen LogP contribution >= 0.6 is 23.2 Å². The number of carbonyl (C=O) groups is 1. The lowest BCUT2D eigenvalue weighted by molar-refractivity contribution is -0.116. The van der Waals surface area contributed by atoms with Crippen molar-refractivity contribution in [2.45, 2.75) is 0 Å². The molecule has 0 aliphatic carbocycles. The second-order valence-electron chi connectivity index (χ2n) is 3.44. The van der Waals surface area contributed by atoms with Crippen molar-refractivity contribution >= 4 is 35.2 Å². The van der Waals surface area contributed by atoms with E-state index in [0.29, 0.717) is 10.6 Å². The molecule has 0 radical (unpaired) electrons. The van der Waals surface area contributed by atoms with Crippen LogP contribution < -0.4 is 5.32 Å². The van der Waals surface area contributed by atoms with Gasteiger partial charge in [0.25, 0.3) is 5.91 Å². The molecule has 0 bridgehead atoms. The maximum atomic E-state index is 11.2. The summed E-state index contributed by atoms with van der Waals surface area (Å²) in [6.07, 6.45) is 1.40. The number of benzene rings is 1. The summed E-state index contributed by atoms with van der Waals surface area (Å²) in [6.45, 7) is 0. The van der Waals surface area contributed by atoms with Gasteiger partial charge in [0.2, 0.25) is 5.70 Å². The average Bonchev–Trinajstić information content (AvgIpc) is 2.60. The molecular weight excluding hydrogens is 279 g/mol. The lowest BCUT2D eigenvalue weighted by Crippen LogP contribution is -2.15. The first kappa shape index (κ1) is 12.6. The van der Waals surface area contributed by atoms with Gasteiger partial charge in [-0.1, -0.05) is 35.3 Å². The van der Waals surface area contributed by atoms with E-state index in [1.165, 1.54) is 6.08 Å². The molecule has 0 aromatic heterocycles. The molecule has 1 aromatic carbocycles. The van der Waals surface area contributed by atoms with Crippen molar-refractivity contribution in [2.24, 2.45) is 5.18 Å². The molecule has 0 atom stereocenters. The van der Waals surface area contributed by atoms with Crippen LogP contribution in [0, 0.1) is 4.91 Å². The largest absolute Gasteiger partial charge is 0.504 e. The van der Waals surface area contributed by atoms with Crippen molar-refractivity contribution in [3.05, 3.63) is 55.9 Å². The first-order chi connectivity index (χ1) is 8.54. The number of carbonyl (C=O) groups excluding carboxylic acids is 1. The van der Waals surface area contributed by atoms with E-state index in [2.05, 4.69) is 10.5 Å². The molecule has 0 fully saturated rings. The number of hydrogen-bond donors (Lipinski definition) is 2. The highest BCUT2D eigenvalue weighted by Gasteiger charge is 2.28. The molecule has 5 nitrogen and oxygen atoms in total. The fraction of sp³-hybridized carbons (Fsp3) is 0. The molecule has 1 aliphatic heterocycles. The number of aliphatic hydroxyl groups excluding tert-OH is 1. The average molecular weight is 285 g/mol. The fourth-order valence-electron chi connectivity index (χ4n) is 1.45. The number of nitrogens with zero attached hydrogens (tertiary/aromatic N) is 1. The monoisotopic (exact) mass is 284 g/mol. The molecule has 0 saturated heterocycles. The third-order valence-corrected chi connectivity index (χ3v) is 3.15. The van der Waals surface area contributed by atoms with Crippen molar-refractivity contribution in [1.29, 1.82) is 0 Å². The summed E-state index contributed by atoms with van der Waals surface area (Å²) in [5.74, 6) is -1.27. The molecule has 0 unspecified atom stereocenters. The SMILES string of the molecule is O=NC1=C(O)/C(=C\c2cccc(Cl)c2Cl)NC1=O. The van der Waals surface area contributed by atoms with Crippen LogP contribution in [0.15, 0.2) is 40.5 Å². The Kier molecular flexibility index (Phi) is 3.36. The van der Waals surface area contributed by atoms with E-state index in [0.717, 1.165) is 0 Å². The van der Waals surface area contributed by atoms with Gasteiger partial charge in [0.05, 0.1) is 15.7 Å². The minimum Gasteiger partial charge on any atom is -0.504 e. The predicted molar refractivity (Wildman–Crippen MR) is 68.0 cm³/mol. The van der Waals surface area contributed by atoms with Crippen molar-refractivity contribution in [2.75, 3.05) is 0 Å². The molecule has 1 heterocycles.